The minimum absolute atomic E-state index is 0.00165. The average molecular weight is 517 g/mol. The van der Waals surface area contributed by atoms with Crippen molar-refractivity contribution in [3.8, 4) is 11.3 Å². The van der Waals surface area contributed by atoms with Crippen LogP contribution in [0.5, 0.6) is 0 Å². The van der Waals surface area contributed by atoms with Crippen molar-refractivity contribution >= 4 is 11.4 Å². The van der Waals surface area contributed by atoms with E-state index < -0.39 is 23.5 Å². The fourth-order valence-corrected chi connectivity index (χ4v) is 5.33. The van der Waals surface area contributed by atoms with Crippen molar-refractivity contribution in [2.45, 2.75) is 38.5 Å². The number of aliphatic imine (C=N–C) groups is 1. The molecule has 3 aliphatic rings. The first-order valence-electron chi connectivity index (χ1n) is 12.3. The first kappa shape index (κ1) is 24.2. The van der Waals surface area contributed by atoms with Crippen molar-refractivity contribution in [3.63, 3.8) is 0 Å². The van der Waals surface area contributed by atoms with Gasteiger partial charge in [-0.25, -0.2) is 18.8 Å². The number of nitrogens with one attached hydrogen (secondary N) is 1. The Kier molecular flexibility index (Phi) is 5.91. The number of hydrogen-bond donors (Lipinski definition) is 1. The number of pyridine rings is 1. The molecular weight excluding hydrogens is 491 g/mol. The van der Waals surface area contributed by atoms with Gasteiger partial charge < -0.3 is 14.5 Å². The van der Waals surface area contributed by atoms with Gasteiger partial charge >= 0.3 is 6.18 Å². The maximum absolute atomic E-state index is 15.7. The molecule has 2 aliphatic heterocycles. The summed E-state index contributed by atoms with van der Waals surface area (Å²) in [6.07, 6.45) is -0.656. The number of aromatic nitrogens is 2. The zero-order chi connectivity index (χ0) is 25.9. The minimum Gasteiger partial charge on any atom is -0.375 e. The molecule has 6 rings (SSSR count). The molecular formula is C27H25F5N4O. The first-order valence-corrected chi connectivity index (χ1v) is 12.3. The number of ether oxygens (including phenoxy) is 1. The van der Waals surface area contributed by atoms with E-state index in [0.29, 0.717) is 37.3 Å². The van der Waals surface area contributed by atoms with Crippen LogP contribution in [0.2, 0.25) is 0 Å². The SMILES string of the molecule is Cc1ccn2c(C[C@H]3CNCCO3)c(-c3c(F)cc(C4=NC(C(F)(F)F)=CCC5CC45)cc3F)nc2c1. The lowest BCUT2D eigenvalue weighted by Gasteiger charge is -2.24. The monoisotopic (exact) mass is 516 g/mol. The summed E-state index contributed by atoms with van der Waals surface area (Å²) in [6, 6.07) is 5.89. The van der Waals surface area contributed by atoms with Crippen LogP contribution in [0, 0.1) is 30.4 Å². The molecule has 2 unspecified atom stereocenters. The molecule has 0 amide bonds. The lowest BCUT2D eigenvalue weighted by Crippen LogP contribution is -2.39. The molecule has 2 aromatic heterocycles. The Morgan fingerprint density at radius 2 is 1.95 bits per heavy atom. The van der Waals surface area contributed by atoms with Gasteiger partial charge in [0.05, 0.1) is 35.4 Å². The van der Waals surface area contributed by atoms with Gasteiger partial charge in [-0.1, -0.05) is 6.08 Å². The van der Waals surface area contributed by atoms with Crippen LogP contribution < -0.4 is 5.32 Å². The molecule has 37 heavy (non-hydrogen) atoms. The van der Waals surface area contributed by atoms with E-state index in [1.807, 2.05) is 25.3 Å². The summed E-state index contributed by atoms with van der Waals surface area (Å²) >= 11 is 0. The van der Waals surface area contributed by atoms with E-state index in [1.165, 1.54) is 0 Å². The Morgan fingerprint density at radius 1 is 1.16 bits per heavy atom. The number of nitrogens with zero attached hydrogens (tertiary/aromatic N) is 3. The summed E-state index contributed by atoms with van der Waals surface area (Å²) in [5.74, 6) is -2.02. The zero-order valence-corrected chi connectivity index (χ0v) is 20.1. The van der Waals surface area contributed by atoms with Crippen molar-refractivity contribution in [2.75, 3.05) is 19.7 Å². The number of imidazole rings is 1. The number of fused-ring (bicyclic) bond motifs is 2. The van der Waals surface area contributed by atoms with Crippen LogP contribution in [-0.4, -0.2) is 47.1 Å². The molecule has 0 spiro atoms. The number of alkyl halides is 3. The molecule has 1 aliphatic carbocycles. The number of aryl methyl sites for hydroxylation is 1. The molecule has 0 radical (unpaired) electrons. The third-order valence-corrected chi connectivity index (χ3v) is 7.30. The summed E-state index contributed by atoms with van der Waals surface area (Å²) in [4.78, 5) is 8.41. The zero-order valence-electron chi connectivity index (χ0n) is 20.1. The third kappa shape index (κ3) is 4.57. The van der Waals surface area contributed by atoms with E-state index in [1.54, 1.807) is 4.40 Å². The van der Waals surface area contributed by atoms with Crippen molar-refractivity contribution in [3.05, 3.63) is 70.7 Å². The standard InChI is InChI=1S/C27H25F5N4O/c1-14-4-6-36-21(12-17-13-33-5-7-37-17)26(35-23(36)8-14)24-19(28)10-16(11-20(24)29)25-18-9-15(18)2-3-22(34-25)27(30,31)32/h3-4,6,8,10-11,15,17-18,33H,2,5,7,9,12-13H2,1H3/t15?,17-,18?/m0/s1. The largest absolute Gasteiger partial charge is 0.433 e. The molecule has 3 aromatic rings. The van der Waals surface area contributed by atoms with Gasteiger partial charge in [-0.05, 0) is 55.5 Å². The number of allylic oxidation sites excluding steroid dienone is 2. The summed E-state index contributed by atoms with van der Waals surface area (Å²) in [5, 5.41) is 3.26. The Labute approximate surface area is 210 Å². The number of morpholine rings is 1. The molecule has 1 aromatic carbocycles. The van der Waals surface area contributed by atoms with Crippen LogP contribution in [0.15, 0.2) is 47.2 Å². The van der Waals surface area contributed by atoms with Crippen molar-refractivity contribution in [2.24, 2.45) is 16.8 Å². The summed E-state index contributed by atoms with van der Waals surface area (Å²) < 4.78 is 79.2. The van der Waals surface area contributed by atoms with Crippen LogP contribution in [-0.2, 0) is 11.2 Å². The van der Waals surface area contributed by atoms with E-state index in [-0.39, 0.29) is 46.9 Å². The quantitative estimate of drug-likeness (QED) is 0.473. The fraction of sp³-hybridized carbons (Fsp3) is 0.407. The first-order chi connectivity index (χ1) is 17.7. The highest BCUT2D eigenvalue weighted by Crippen LogP contribution is 2.48. The Morgan fingerprint density at radius 3 is 2.65 bits per heavy atom. The normalized spacial score (nSPS) is 23.9. The lowest BCUT2D eigenvalue weighted by molar-refractivity contribution is -0.0925. The highest BCUT2D eigenvalue weighted by Gasteiger charge is 2.45. The maximum atomic E-state index is 15.7. The third-order valence-electron chi connectivity index (χ3n) is 7.30. The second kappa shape index (κ2) is 9.02. The molecule has 194 valence electrons. The second-order valence-electron chi connectivity index (χ2n) is 9.98. The van der Waals surface area contributed by atoms with Gasteiger partial charge in [-0.3, -0.25) is 0 Å². The Bertz CT molecular complexity index is 1410. The highest BCUT2D eigenvalue weighted by atomic mass is 19.4. The number of halogens is 5. The minimum atomic E-state index is -4.63. The lowest BCUT2D eigenvalue weighted by atomic mass is 9.99. The van der Waals surface area contributed by atoms with E-state index >= 15 is 8.78 Å². The highest BCUT2D eigenvalue weighted by molar-refractivity contribution is 6.05. The summed E-state index contributed by atoms with van der Waals surface area (Å²) in [5.41, 5.74) is 1.05. The van der Waals surface area contributed by atoms with Gasteiger partial charge in [0.25, 0.3) is 0 Å². The van der Waals surface area contributed by atoms with E-state index in [0.717, 1.165) is 30.3 Å². The molecule has 2 fully saturated rings. The Hall–Kier alpha value is -3.11. The fourth-order valence-electron chi connectivity index (χ4n) is 5.33. The molecule has 10 heteroatoms. The second-order valence-corrected chi connectivity index (χ2v) is 9.98. The molecule has 1 saturated heterocycles. The number of rotatable bonds is 4. The van der Waals surface area contributed by atoms with Crippen LogP contribution in [0.4, 0.5) is 22.0 Å². The van der Waals surface area contributed by atoms with Crippen LogP contribution >= 0.6 is 0 Å². The molecule has 4 heterocycles. The van der Waals surface area contributed by atoms with Gasteiger partial charge in [-0.15, -0.1) is 0 Å². The molecule has 5 nitrogen and oxygen atoms in total. The van der Waals surface area contributed by atoms with Crippen molar-refractivity contribution in [1.82, 2.24) is 14.7 Å². The molecule has 1 saturated carbocycles. The van der Waals surface area contributed by atoms with Gasteiger partial charge in [0.2, 0.25) is 0 Å². The van der Waals surface area contributed by atoms with E-state index in [2.05, 4.69) is 15.3 Å². The van der Waals surface area contributed by atoms with Crippen LogP contribution in [0.1, 0.15) is 29.7 Å². The maximum Gasteiger partial charge on any atom is 0.433 e. The van der Waals surface area contributed by atoms with Gasteiger partial charge in [0.15, 0.2) is 0 Å². The topological polar surface area (TPSA) is 50.9 Å². The van der Waals surface area contributed by atoms with Gasteiger partial charge in [0, 0.05) is 37.2 Å². The molecule has 3 atom stereocenters. The summed E-state index contributed by atoms with van der Waals surface area (Å²) in [6.45, 7) is 3.77. The van der Waals surface area contributed by atoms with E-state index in [9.17, 15) is 13.2 Å². The number of hydrogen-bond acceptors (Lipinski definition) is 4. The smallest absolute Gasteiger partial charge is 0.375 e. The number of benzene rings is 1. The molecule has 0 bridgehead atoms. The van der Waals surface area contributed by atoms with Crippen molar-refractivity contribution < 1.29 is 26.7 Å². The summed E-state index contributed by atoms with van der Waals surface area (Å²) in [7, 11) is 0. The molecule has 1 N–H and O–H groups in total. The van der Waals surface area contributed by atoms with Crippen LogP contribution in [0.25, 0.3) is 16.9 Å². The average Bonchev–Trinajstić information content (AvgIpc) is 3.55. The van der Waals surface area contributed by atoms with Gasteiger partial charge in [0.1, 0.15) is 23.0 Å². The van der Waals surface area contributed by atoms with Crippen molar-refractivity contribution in [1.29, 1.82) is 0 Å². The predicted octanol–water partition coefficient (Wildman–Crippen LogP) is 5.39. The van der Waals surface area contributed by atoms with E-state index in [4.69, 9.17) is 4.74 Å². The predicted molar refractivity (Wildman–Crippen MR) is 128 cm³/mol. The Balaban J connectivity index is 1.44. The van der Waals surface area contributed by atoms with Gasteiger partial charge in [-0.2, -0.15) is 13.2 Å². The van der Waals surface area contributed by atoms with Crippen LogP contribution in [0.3, 0.4) is 0 Å².